The SMILES string of the molecule is Cc1ccc(CNC(=O)C2CCC(CN(Cc3cccc(F)c3)S(=O)(=O)c3ccccc3)CC2)cc1. The van der Waals surface area contributed by atoms with Crippen LogP contribution in [0.5, 0.6) is 0 Å². The van der Waals surface area contributed by atoms with E-state index < -0.39 is 10.0 Å². The largest absolute Gasteiger partial charge is 0.352 e. The quantitative estimate of drug-likeness (QED) is 0.418. The van der Waals surface area contributed by atoms with Crippen LogP contribution >= 0.6 is 0 Å². The van der Waals surface area contributed by atoms with Crippen molar-refractivity contribution >= 4 is 15.9 Å². The fraction of sp³-hybridized carbons (Fsp3) is 0.345. The van der Waals surface area contributed by atoms with Gasteiger partial charge in [0.1, 0.15) is 5.82 Å². The maximum absolute atomic E-state index is 13.8. The Balaban J connectivity index is 1.38. The van der Waals surface area contributed by atoms with Crippen LogP contribution in [-0.2, 0) is 27.9 Å². The van der Waals surface area contributed by atoms with E-state index in [2.05, 4.69) is 5.32 Å². The molecule has 1 aliphatic carbocycles. The first-order valence-corrected chi connectivity index (χ1v) is 13.9. The smallest absolute Gasteiger partial charge is 0.243 e. The fourth-order valence-corrected chi connectivity index (χ4v) is 6.29. The van der Waals surface area contributed by atoms with Crippen LogP contribution in [0.25, 0.3) is 0 Å². The van der Waals surface area contributed by atoms with Crippen molar-refractivity contribution in [2.75, 3.05) is 6.54 Å². The Morgan fingerprint density at radius 1 is 0.917 bits per heavy atom. The lowest BCUT2D eigenvalue weighted by atomic mass is 9.81. The monoisotopic (exact) mass is 508 g/mol. The Bertz CT molecular complexity index is 1260. The molecule has 0 spiro atoms. The highest BCUT2D eigenvalue weighted by Gasteiger charge is 2.31. The summed E-state index contributed by atoms with van der Waals surface area (Å²) in [4.78, 5) is 13.0. The van der Waals surface area contributed by atoms with Crippen molar-refractivity contribution < 1.29 is 17.6 Å². The van der Waals surface area contributed by atoms with Crippen molar-refractivity contribution in [3.05, 3.63) is 101 Å². The molecule has 1 fully saturated rings. The van der Waals surface area contributed by atoms with E-state index in [0.717, 1.165) is 31.2 Å². The van der Waals surface area contributed by atoms with Gasteiger partial charge in [-0.05, 0) is 73.9 Å². The first kappa shape index (κ1) is 26.0. The van der Waals surface area contributed by atoms with Crippen LogP contribution in [-0.4, -0.2) is 25.2 Å². The molecule has 0 heterocycles. The van der Waals surface area contributed by atoms with E-state index in [1.165, 1.54) is 22.0 Å². The van der Waals surface area contributed by atoms with E-state index in [1.807, 2.05) is 31.2 Å². The van der Waals surface area contributed by atoms with Crippen LogP contribution in [0.1, 0.15) is 42.4 Å². The van der Waals surface area contributed by atoms with Crippen molar-refractivity contribution in [1.82, 2.24) is 9.62 Å². The first-order valence-electron chi connectivity index (χ1n) is 12.4. The summed E-state index contributed by atoms with van der Waals surface area (Å²) in [5, 5.41) is 3.05. The lowest BCUT2D eigenvalue weighted by Gasteiger charge is -2.32. The van der Waals surface area contributed by atoms with Gasteiger partial charge in [0.15, 0.2) is 0 Å². The zero-order valence-electron chi connectivity index (χ0n) is 20.6. The summed E-state index contributed by atoms with van der Waals surface area (Å²) in [6, 6.07) is 22.5. The summed E-state index contributed by atoms with van der Waals surface area (Å²) in [5.41, 5.74) is 2.87. The topological polar surface area (TPSA) is 66.5 Å². The standard InChI is InChI=1S/C29H33FN2O3S/c1-22-10-12-23(13-11-22)19-31-29(33)26-16-14-24(15-17-26)20-32(21-25-6-5-7-27(30)18-25)36(34,35)28-8-3-2-4-9-28/h2-13,18,24,26H,14-17,19-21H2,1H3,(H,31,33). The number of hydrogen-bond donors (Lipinski definition) is 1. The second-order valence-corrected chi connectivity index (χ2v) is 11.6. The highest BCUT2D eigenvalue weighted by molar-refractivity contribution is 7.89. The molecule has 1 aliphatic rings. The number of rotatable bonds is 9. The van der Waals surface area contributed by atoms with Crippen molar-refractivity contribution in [1.29, 1.82) is 0 Å². The fourth-order valence-electron chi connectivity index (χ4n) is 4.76. The third kappa shape index (κ3) is 6.80. The summed E-state index contributed by atoms with van der Waals surface area (Å²) >= 11 is 0. The number of carbonyl (C=O) groups is 1. The van der Waals surface area contributed by atoms with Crippen LogP contribution in [0.4, 0.5) is 4.39 Å². The average Bonchev–Trinajstić information content (AvgIpc) is 2.89. The number of nitrogens with zero attached hydrogens (tertiary/aromatic N) is 1. The Labute approximate surface area is 213 Å². The number of nitrogens with one attached hydrogen (secondary N) is 1. The molecular formula is C29H33FN2O3S. The molecule has 1 N–H and O–H groups in total. The molecule has 5 nitrogen and oxygen atoms in total. The molecule has 0 aliphatic heterocycles. The molecule has 0 radical (unpaired) electrons. The van der Waals surface area contributed by atoms with E-state index >= 15 is 0 Å². The second kappa shape index (κ2) is 11.8. The number of halogens is 1. The van der Waals surface area contributed by atoms with Crippen LogP contribution in [0.3, 0.4) is 0 Å². The Morgan fingerprint density at radius 2 is 1.61 bits per heavy atom. The summed E-state index contributed by atoms with van der Waals surface area (Å²) in [6.07, 6.45) is 2.99. The Hall–Kier alpha value is -3.03. The lowest BCUT2D eigenvalue weighted by Crippen LogP contribution is -2.38. The molecule has 1 saturated carbocycles. The molecule has 36 heavy (non-hydrogen) atoms. The first-order chi connectivity index (χ1) is 17.3. The van der Waals surface area contributed by atoms with Gasteiger partial charge in [-0.1, -0.05) is 60.2 Å². The molecule has 4 rings (SSSR count). The Morgan fingerprint density at radius 3 is 2.28 bits per heavy atom. The highest BCUT2D eigenvalue weighted by atomic mass is 32.2. The summed E-state index contributed by atoms with van der Waals surface area (Å²) in [6.45, 7) is 2.98. The molecule has 0 unspecified atom stereocenters. The third-order valence-corrected chi connectivity index (χ3v) is 8.72. The lowest BCUT2D eigenvalue weighted by molar-refractivity contribution is -0.126. The summed E-state index contributed by atoms with van der Waals surface area (Å²) in [7, 11) is -3.75. The molecule has 3 aromatic carbocycles. The van der Waals surface area contributed by atoms with Gasteiger partial charge in [0.25, 0.3) is 0 Å². The van der Waals surface area contributed by atoms with Crippen molar-refractivity contribution in [2.45, 2.75) is 50.6 Å². The maximum atomic E-state index is 13.8. The zero-order valence-corrected chi connectivity index (χ0v) is 21.4. The highest BCUT2D eigenvalue weighted by Crippen LogP contribution is 2.31. The van der Waals surface area contributed by atoms with E-state index in [1.54, 1.807) is 42.5 Å². The molecular weight excluding hydrogens is 475 g/mol. The maximum Gasteiger partial charge on any atom is 0.243 e. The predicted molar refractivity (Wildman–Crippen MR) is 139 cm³/mol. The summed E-state index contributed by atoms with van der Waals surface area (Å²) in [5.74, 6) is -0.253. The number of benzene rings is 3. The molecule has 3 aromatic rings. The number of carbonyl (C=O) groups excluding carboxylic acids is 1. The van der Waals surface area contributed by atoms with Gasteiger partial charge in [0.2, 0.25) is 15.9 Å². The normalized spacial score (nSPS) is 18.2. The van der Waals surface area contributed by atoms with Crippen LogP contribution < -0.4 is 5.32 Å². The molecule has 0 saturated heterocycles. The van der Waals surface area contributed by atoms with Gasteiger partial charge >= 0.3 is 0 Å². The number of amides is 1. The molecule has 0 atom stereocenters. The average molecular weight is 509 g/mol. The molecule has 190 valence electrons. The predicted octanol–water partition coefficient (Wildman–Crippen LogP) is 5.45. The molecule has 1 amide bonds. The van der Waals surface area contributed by atoms with Gasteiger partial charge in [-0.15, -0.1) is 0 Å². The van der Waals surface area contributed by atoms with E-state index in [0.29, 0.717) is 18.7 Å². The van der Waals surface area contributed by atoms with Crippen LogP contribution in [0, 0.1) is 24.6 Å². The minimum atomic E-state index is -3.75. The van der Waals surface area contributed by atoms with Crippen molar-refractivity contribution in [2.24, 2.45) is 11.8 Å². The van der Waals surface area contributed by atoms with E-state index in [4.69, 9.17) is 0 Å². The van der Waals surface area contributed by atoms with Gasteiger partial charge in [0, 0.05) is 25.6 Å². The van der Waals surface area contributed by atoms with Crippen LogP contribution in [0.2, 0.25) is 0 Å². The van der Waals surface area contributed by atoms with E-state index in [-0.39, 0.29) is 35.0 Å². The van der Waals surface area contributed by atoms with Gasteiger partial charge in [0.05, 0.1) is 4.90 Å². The minimum Gasteiger partial charge on any atom is -0.352 e. The minimum absolute atomic E-state index is 0.0579. The Kier molecular flexibility index (Phi) is 8.54. The number of hydrogen-bond acceptors (Lipinski definition) is 3. The van der Waals surface area contributed by atoms with Gasteiger partial charge < -0.3 is 5.32 Å². The van der Waals surface area contributed by atoms with Crippen LogP contribution in [0.15, 0.2) is 83.8 Å². The number of aryl methyl sites for hydroxylation is 1. The van der Waals surface area contributed by atoms with Gasteiger partial charge in [-0.3, -0.25) is 4.79 Å². The van der Waals surface area contributed by atoms with Crippen molar-refractivity contribution in [3.8, 4) is 0 Å². The molecule has 0 aromatic heterocycles. The zero-order chi connectivity index (χ0) is 25.5. The van der Waals surface area contributed by atoms with Crippen molar-refractivity contribution in [3.63, 3.8) is 0 Å². The van der Waals surface area contributed by atoms with Gasteiger partial charge in [-0.25, -0.2) is 12.8 Å². The third-order valence-electron chi connectivity index (χ3n) is 6.90. The number of sulfonamides is 1. The van der Waals surface area contributed by atoms with E-state index in [9.17, 15) is 17.6 Å². The molecule has 7 heteroatoms. The molecule has 0 bridgehead atoms. The second-order valence-electron chi connectivity index (χ2n) is 9.66. The van der Waals surface area contributed by atoms with Gasteiger partial charge in [-0.2, -0.15) is 4.31 Å². The summed E-state index contributed by atoms with van der Waals surface area (Å²) < 4.78 is 42.2.